The molecule has 7 heteroatoms. The number of morpholine rings is 1. The Bertz CT molecular complexity index is 587. The Kier molecular flexibility index (Phi) is 6.44. The number of carbonyl (C=O) groups is 3. The van der Waals surface area contributed by atoms with Gasteiger partial charge in [0.25, 0.3) is 0 Å². The van der Waals surface area contributed by atoms with E-state index in [1.165, 1.54) is 4.90 Å². The van der Waals surface area contributed by atoms with Crippen molar-refractivity contribution in [2.75, 3.05) is 26.2 Å². The van der Waals surface area contributed by atoms with E-state index < -0.39 is 0 Å². The number of imide groups is 1. The zero-order chi connectivity index (χ0) is 20.5. The van der Waals surface area contributed by atoms with Crippen LogP contribution in [0.3, 0.4) is 0 Å². The van der Waals surface area contributed by atoms with Crippen LogP contribution in [0.15, 0.2) is 0 Å². The molecule has 3 fully saturated rings. The van der Waals surface area contributed by atoms with Gasteiger partial charge in [-0.1, -0.05) is 12.8 Å². The van der Waals surface area contributed by atoms with Crippen LogP contribution in [0.1, 0.15) is 59.8 Å². The van der Waals surface area contributed by atoms with Crippen molar-refractivity contribution in [3.05, 3.63) is 0 Å². The topological polar surface area (TPSA) is 79.0 Å². The molecule has 4 unspecified atom stereocenters. The molecule has 0 radical (unpaired) electrons. The molecule has 28 heavy (non-hydrogen) atoms. The van der Waals surface area contributed by atoms with Gasteiger partial charge < -0.3 is 10.1 Å². The Balaban J connectivity index is 1.46. The summed E-state index contributed by atoms with van der Waals surface area (Å²) in [5.41, 5.74) is -0.184. The largest absolute Gasteiger partial charge is 0.373 e. The Hall–Kier alpha value is -1.47. The maximum atomic E-state index is 12.5. The van der Waals surface area contributed by atoms with E-state index in [4.69, 9.17) is 4.74 Å². The lowest BCUT2D eigenvalue weighted by Crippen LogP contribution is -2.58. The van der Waals surface area contributed by atoms with Crippen molar-refractivity contribution in [2.24, 2.45) is 11.8 Å². The monoisotopic (exact) mass is 393 g/mol. The highest BCUT2D eigenvalue weighted by Crippen LogP contribution is 2.37. The van der Waals surface area contributed by atoms with Crippen LogP contribution in [0.5, 0.6) is 0 Å². The molecule has 2 heterocycles. The number of nitrogens with zero attached hydrogens (tertiary/aromatic N) is 2. The van der Waals surface area contributed by atoms with E-state index in [-0.39, 0.29) is 60.3 Å². The maximum absolute atomic E-state index is 12.5. The van der Waals surface area contributed by atoms with E-state index in [1.54, 1.807) is 0 Å². The van der Waals surface area contributed by atoms with Gasteiger partial charge in [0.05, 0.1) is 24.0 Å². The Labute approximate surface area is 168 Å². The first-order valence-electron chi connectivity index (χ1n) is 10.7. The van der Waals surface area contributed by atoms with Crippen LogP contribution in [0, 0.1) is 11.8 Å². The highest BCUT2D eigenvalue weighted by Gasteiger charge is 2.47. The fourth-order valence-corrected chi connectivity index (χ4v) is 4.85. The summed E-state index contributed by atoms with van der Waals surface area (Å²) in [5.74, 6) is -0.543. The second kappa shape index (κ2) is 8.49. The summed E-state index contributed by atoms with van der Waals surface area (Å²) in [6.45, 7) is 10.8. The first kappa shape index (κ1) is 21.2. The van der Waals surface area contributed by atoms with Gasteiger partial charge in [0.2, 0.25) is 17.7 Å². The van der Waals surface area contributed by atoms with Crippen molar-refractivity contribution in [3.8, 4) is 0 Å². The SMILES string of the molecule is CC1CN(C(C)(C)CNC(=O)CCN2C(=O)C3CCCCC3C2=O)CC(C)O1. The molecular weight excluding hydrogens is 358 g/mol. The summed E-state index contributed by atoms with van der Waals surface area (Å²) < 4.78 is 5.79. The molecule has 3 rings (SSSR count). The van der Waals surface area contributed by atoms with E-state index in [1.807, 2.05) is 0 Å². The highest BCUT2D eigenvalue weighted by molar-refractivity contribution is 6.05. The zero-order valence-electron chi connectivity index (χ0n) is 17.7. The third kappa shape index (κ3) is 4.57. The van der Waals surface area contributed by atoms with Gasteiger partial charge in [-0.2, -0.15) is 0 Å². The molecule has 0 spiro atoms. The minimum atomic E-state index is -0.184. The molecule has 158 valence electrons. The van der Waals surface area contributed by atoms with Gasteiger partial charge in [0.1, 0.15) is 0 Å². The quantitative estimate of drug-likeness (QED) is 0.693. The summed E-state index contributed by atoms with van der Waals surface area (Å²) in [7, 11) is 0. The molecule has 1 saturated carbocycles. The lowest BCUT2D eigenvalue weighted by molar-refractivity contribution is -0.140. The first-order chi connectivity index (χ1) is 13.2. The number of rotatable bonds is 6. The van der Waals surface area contributed by atoms with Crippen molar-refractivity contribution >= 4 is 17.7 Å². The molecule has 2 aliphatic heterocycles. The van der Waals surface area contributed by atoms with Crippen molar-refractivity contribution in [1.29, 1.82) is 0 Å². The molecule has 1 N–H and O–H groups in total. The summed E-state index contributed by atoms with van der Waals surface area (Å²) >= 11 is 0. The molecule has 0 aromatic carbocycles. The number of fused-ring (bicyclic) bond motifs is 1. The van der Waals surface area contributed by atoms with Crippen LogP contribution >= 0.6 is 0 Å². The summed E-state index contributed by atoms with van der Waals surface area (Å²) in [4.78, 5) is 41.1. The van der Waals surface area contributed by atoms with E-state index in [2.05, 4.69) is 37.9 Å². The fourth-order valence-electron chi connectivity index (χ4n) is 4.85. The smallest absolute Gasteiger partial charge is 0.233 e. The average molecular weight is 394 g/mol. The first-order valence-corrected chi connectivity index (χ1v) is 10.7. The van der Waals surface area contributed by atoms with Crippen molar-refractivity contribution in [3.63, 3.8) is 0 Å². The van der Waals surface area contributed by atoms with Crippen molar-refractivity contribution in [2.45, 2.75) is 77.5 Å². The van der Waals surface area contributed by atoms with E-state index >= 15 is 0 Å². The second-order valence-electron chi connectivity index (χ2n) is 9.33. The average Bonchev–Trinajstić information content (AvgIpc) is 2.88. The molecule has 7 nitrogen and oxygen atoms in total. The van der Waals surface area contributed by atoms with E-state index in [0.29, 0.717) is 6.54 Å². The molecule has 2 saturated heterocycles. The standard InChI is InChI=1S/C21H35N3O4/c1-14-11-23(12-15(2)28-14)21(3,4)13-22-18(25)9-10-24-19(26)16-7-5-6-8-17(16)20(24)27/h14-17H,5-13H2,1-4H3,(H,22,25). The molecule has 0 aromatic rings. The summed E-state index contributed by atoms with van der Waals surface area (Å²) in [5, 5.41) is 3.00. The van der Waals surface area contributed by atoms with Gasteiger partial charge in [-0.05, 0) is 40.5 Å². The van der Waals surface area contributed by atoms with Gasteiger partial charge >= 0.3 is 0 Å². The molecule has 0 bridgehead atoms. The van der Waals surface area contributed by atoms with E-state index in [9.17, 15) is 14.4 Å². The third-order valence-corrected chi connectivity index (χ3v) is 6.49. The second-order valence-corrected chi connectivity index (χ2v) is 9.33. The number of likely N-dealkylation sites (tertiary alicyclic amines) is 1. The Morgan fingerprint density at radius 1 is 1.07 bits per heavy atom. The lowest BCUT2D eigenvalue weighted by atomic mass is 9.81. The minimum Gasteiger partial charge on any atom is -0.373 e. The van der Waals surface area contributed by atoms with Crippen LogP contribution < -0.4 is 5.32 Å². The van der Waals surface area contributed by atoms with Crippen LogP contribution in [0.25, 0.3) is 0 Å². The predicted molar refractivity (Wildman–Crippen MR) is 105 cm³/mol. The fraction of sp³-hybridized carbons (Fsp3) is 0.857. The highest BCUT2D eigenvalue weighted by atomic mass is 16.5. The normalized spacial score (nSPS) is 31.8. The lowest BCUT2D eigenvalue weighted by Gasteiger charge is -2.45. The van der Waals surface area contributed by atoms with Gasteiger partial charge in [-0.25, -0.2) is 0 Å². The van der Waals surface area contributed by atoms with Crippen LogP contribution in [0.4, 0.5) is 0 Å². The predicted octanol–water partition coefficient (Wildman–Crippen LogP) is 1.56. The molecule has 1 aliphatic carbocycles. The zero-order valence-corrected chi connectivity index (χ0v) is 17.7. The van der Waals surface area contributed by atoms with Gasteiger partial charge in [-0.15, -0.1) is 0 Å². The van der Waals surface area contributed by atoms with Crippen LogP contribution in [-0.4, -0.2) is 71.4 Å². The Morgan fingerprint density at radius 2 is 1.61 bits per heavy atom. The molecular formula is C21H35N3O4. The molecule has 0 aromatic heterocycles. The number of hydrogen-bond donors (Lipinski definition) is 1. The molecule has 3 aliphatic rings. The number of ether oxygens (including phenoxy) is 1. The summed E-state index contributed by atoms with van der Waals surface area (Å²) in [6, 6.07) is 0. The van der Waals surface area contributed by atoms with Crippen molar-refractivity contribution < 1.29 is 19.1 Å². The van der Waals surface area contributed by atoms with Crippen molar-refractivity contribution in [1.82, 2.24) is 15.1 Å². The number of amides is 3. The Morgan fingerprint density at radius 3 is 2.14 bits per heavy atom. The third-order valence-electron chi connectivity index (χ3n) is 6.49. The number of hydrogen-bond acceptors (Lipinski definition) is 5. The molecule has 4 atom stereocenters. The minimum absolute atomic E-state index is 0.0703. The maximum Gasteiger partial charge on any atom is 0.233 e. The van der Waals surface area contributed by atoms with E-state index in [0.717, 1.165) is 38.8 Å². The van der Waals surface area contributed by atoms with Crippen LogP contribution in [0.2, 0.25) is 0 Å². The molecule has 3 amide bonds. The summed E-state index contributed by atoms with van der Waals surface area (Å²) in [6.07, 6.45) is 4.17. The number of nitrogens with one attached hydrogen (secondary N) is 1. The van der Waals surface area contributed by atoms with Gasteiger partial charge in [0.15, 0.2) is 0 Å². The number of carbonyl (C=O) groups excluding carboxylic acids is 3. The van der Waals surface area contributed by atoms with Gasteiger partial charge in [0, 0.05) is 38.1 Å². The van der Waals surface area contributed by atoms with Crippen LogP contribution in [-0.2, 0) is 19.1 Å². The van der Waals surface area contributed by atoms with Gasteiger partial charge in [-0.3, -0.25) is 24.2 Å².